The van der Waals surface area contributed by atoms with Crippen LogP contribution in [0.2, 0.25) is 15.1 Å². The van der Waals surface area contributed by atoms with E-state index in [2.05, 4.69) is 19.7 Å². The Hall–Kier alpha value is -10.4. The number of pyridine rings is 3. The molecule has 2 unspecified atom stereocenters. The fourth-order valence-corrected chi connectivity index (χ4v) is 12.8. The molecule has 6 aromatic carbocycles. The van der Waals surface area contributed by atoms with E-state index >= 15 is 13.2 Å². The number of methoxy groups -OCH3 is 5. The van der Waals surface area contributed by atoms with Crippen LogP contribution in [0.3, 0.4) is 0 Å². The molecule has 2 saturated heterocycles. The number of carboxylic acid groups (broad SMARTS) is 2. The summed E-state index contributed by atoms with van der Waals surface area (Å²) in [6.45, 7) is 1.37. The summed E-state index contributed by atoms with van der Waals surface area (Å²) in [6.07, 6.45) is 10.9. The molecule has 0 bridgehead atoms. The standard InChI is InChI=1S/C26H24ClFN2O4.C25H22ClFN2O4.C20H15ClFNO3.C7H12O2.CH3/c1-33-22-9-7-18(24(28)23(22)17-4-3-5-20(27)13-17)12-16-6-8-21(29-14-16)25(31)30-11-10-19(15-30)26(32)34-2;1-33-21-8-6-17(23(27)22(21)16-3-2-4-19(26)12-16)11-15-5-7-20(28-13-15)24(30)29-10-9-18(14-29)25(31)32;1-26-17-8-6-14(9-12-5-7-16(20(24)25)23-11-12)19(22)18(17)13-3-2-4-15(21)10-13;1-9-7(8)6-4-2-3-5-6;/h3-9,13-14,19H,10-12,15H2,1-2H3;2-8,12-13,18H,9-11,14H2,1H3,(H,31,32);2-8,10-11H,9H2,1H3,(H,24,25);6H,2-5H2,1H3;1H3/q;;;;-1. The Bertz CT molecular complexity index is 4490. The van der Waals surface area contributed by atoms with Crippen LogP contribution in [0.15, 0.2) is 164 Å². The highest BCUT2D eigenvalue weighted by Gasteiger charge is 2.34. The maximum Gasteiger partial charge on any atom is 0.354 e. The van der Waals surface area contributed by atoms with E-state index in [4.69, 9.17) is 64.0 Å². The van der Waals surface area contributed by atoms with Crippen molar-refractivity contribution in [2.24, 2.45) is 17.8 Å². The third kappa shape index (κ3) is 20.1. The maximum absolute atomic E-state index is 15.5. The molecule has 9 aromatic rings. The summed E-state index contributed by atoms with van der Waals surface area (Å²) in [5.74, 6) is -3.48. The zero-order valence-electron chi connectivity index (χ0n) is 57.4. The van der Waals surface area contributed by atoms with E-state index in [1.165, 1.54) is 65.6 Å². The first-order valence-electron chi connectivity index (χ1n) is 32.5. The van der Waals surface area contributed by atoms with E-state index in [1.54, 1.807) is 157 Å². The summed E-state index contributed by atoms with van der Waals surface area (Å²) in [7, 11) is 7.27. The number of likely N-dealkylation sites (tertiary alicyclic amines) is 2. The third-order valence-electron chi connectivity index (χ3n) is 17.6. The van der Waals surface area contributed by atoms with E-state index in [0.29, 0.717) is 127 Å². The number of carbonyl (C=O) groups is 6. The van der Waals surface area contributed by atoms with Crippen LogP contribution in [0.5, 0.6) is 17.2 Å². The van der Waals surface area contributed by atoms with Crippen LogP contribution in [-0.4, -0.2) is 132 Å². The number of aromatic carboxylic acids is 1. The number of esters is 2. The molecule has 2 atom stereocenters. The molecule has 3 aromatic heterocycles. The predicted octanol–water partition coefficient (Wildman–Crippen LogP) is 16.1. The lowest BCUT2D eigenvalue weighted by atomic mass is 9.97. The number of nitrogens with zero attached hydrogens (tertiary/aromatic N) is 5. The second kappa shape index (κ2) is 37.0. The normalized spacial score (nSPS) is 14.4. The number of rotatable bonds is 18. The monoisotopic (exact) mass is 1460 g/mol. The summed E-state index contributed by atoms with van der Waals surface area (Å²) in [5.41, 5.74) is 6.90. The van der Waals surface area contributed by atoms with Crippen molar-refractivity contribution >= 4 is 70.5 Å². The van der Waals surface area contributed by atoms with Crippen molar-refractivity contribution in [1.29, 1.82) is 0 Å². The average Bonchev–Trinajstić information content (AvgIpc) is 1.78. The van der Waals surface area contributed by atoms with Crippen LogP contribution in [0.25, 0.3) is 33.4 Å². The quantitative estimate of drug-likeness (QED) is 0.0600. The number of hydrogen-bond acceptors (Lipinski definition) is 14. The number of benzene rings is 6. The molecule has 2 amide bonds. The number of ether oxygens (including phenoxy) is 5. The van der Waals surface area contributed by atoms with E-state index in [9.17, 15) is 28.8 Å². The van der Waals surface area contributed by atoms with Gasteiger partial charge in [-0.05, 0) is 149 Å². The van der Waals surface area contributed by atoms with Gasteiger partial charge in [0.2, 0.25) is 0 Å². The number of carbonyl (C=O) groups excluding carboxylic acids is 4. The lowest BCUT2D eigenvalue weighted by Gasteiger charge is -2.16. The molecule has 5 heterocycles. The second-order valence-corrected chi connectivity index (χ2v) is 25.5. The molecule has 18 nitrogen and oxygen atoms in total. The highest BCUT2D eigenvalue weighted by Crippen LogP contribution is 2.40. The fourth-order valence-electron chi connectivity index (χ4n) is 12.2. The average molecular weight is 1470 g/mol. The SMILES string of the molecule is COC(=O)C1CCCC1.COC(=O)C1CCN(C(=O)c2ccc(Cc3ccc(OC)c(-c4cccc(Cl)c4)c3F)cn2)C1.COc1ccc(Cc2ccc(C(=O)N3CCC(C(=O)O)C3)nc2)c(F)c1-c1cccc(Cl)c1.COc1ccc(Cc2ccc(C(=O)O)nc2)c(F)c1-c1cccc(Cl)c1.[CH3-]. The Labute approximate surface area is 610 Å². The molecule has 0 spiro atoms. The molecule has 2 N–H and O–H groups in total. The van der Waals surface area contributed by atoms with Crippen LogP contribution in [0.1, 0.15) is 103 Å². The molecule has 1 saturated carbocycles. The molecular weight excluding hydrogens is 1390 g/mol. The zero-order chi connectivity index (χ0) is 73.1. The van der Waals surface area contributed by atoms with E-state index in [-0.39, 0.29) is 79.5 Å². The van der Waals surface area contributed by atoms with Crippen molar-refractivity contribution in [2.45, 2.75) is 57.8 Å². The van der Waals surface area contributed by atoms with Crippen molar-refractivity contribution in [2.75, 3.05) is 61.7 Å². The van der Waals surface area contributed by atoms with Gasteiger partial charge in [-0.2, -0.15) is 0 Å². The molecule has 1 aliphatic carbocycles. The van der Waals surface area contributed by atoms with Gasteiger partial charge in [0, 0.05) is 79.1 Å². The van der Waals surface area contributed by atoms with Gasteiger partial charge in [0.15, 0.2) is 0 Å². The summed E-state index contributed by atoms with van der Waals surface area (Å²) in [4.78, 5) is 85.4. The minimum atomic E-state index is -1.10. The number of aromatic nitrogens is 3. The smallest absolute Gasteiger partial charge is 0.354 e. The second-order valence-electron chi connectivity index (χ2n) is 24.2. The van der Waals surface area contributed by atoms with Gasteiger partial charge in [-0.15, -0.1) is 0 Å². The lowest BCUT2D eigenvalue weighted by Crippen LogP contribution is -2.30. The van der Waals surface area contributed by atoms with Crippen LogP contribution >= 0.6 is 34.8 Å². The summed E-state index contributed by atoms with van der Waals surface area (Å²) >= 11 is 18.2. The first kappa shape index (κ1) is 78.4. The van der Waals surface area contributed by atoms with Gasteiger partial charge in [0.1, 0.15) is 51.8 Å². The Morgan fingerprint density at radius 1 is 0.447 bits per heavy atom. The van der Waals surface area contributed by atoms with Gasteiger partial charge < -0.3 is 51.1 Å². The molecule has 3 aliphatic rings. The molecule has 2 aliphatic heterocycles. The van der Waals surface area contributed by atoms with Crippen molar-refractivity contribution in [3.63, 3.8) is 0 Å². The van der Waals surface area contributed by atoms with Crippen LogP contribution < -0.4 is 14.2 Å². The summed E-state index contributed by atoms with van der Waals surface area (Å²) in [6, 6.07) is 40.7. The maximum atomic E-state index is 15.5. The van der Waals surface area contributed by atoms with E-state index in [1.807, 2.05) is 0 Å². The Balaban J connectivity index is 0.000000185. The minimum Gasteiger partial charge on any atom is -0.496 e. The molecular formula is C79H76Cl3F3N5O13-. The van der Waals surface area contributed by atoms with Gasteiger partial charge in [0.05, 0.1) is 70.0 Å². The molecule has 103 heavy (non-hydrogen) atoms. The van der Waals surface area contributed by atoms with Gasteiger partial charge in [-0.25, -0.2) is 22.9 Å². The highest BCUT2D eigenvalue weighted by molar-refractivity contribution is 6.31. The van der Waals surface area contributed by atoms with Gasteiger partial charge in [0.25, 0.3) is 11.8 Å². The van der Waals surface area contributed by atoms with Gasteiger partial charge in [-0.3, -0.25) is 33.9 Å². The van der Waals surface area contributed by atoms with E-state index < -0.39 is 35.3 Å². The first-order valence-corrected chi connectivity index (χ1v) is 33.6. The number of aliphatic carboxylic acids is 1. The Kier molecular flexibility index (Phi) is 28.2. The van der Waals surface area contributed by atoms with Crippen molar-refractivity contribution in [1.82, 2.24) is 24.8 Å². The third-order valence-corrected chi connectivity index (χ3v) is 18.3. The lowest BCUT2D eigenvalue weighted by molar-refractivity contribution is -0.145. The molecule has 538 valence electrons. The number of hydrogen-bond donors (Lipinski definition) is 2. The highest BCUT2D eigenvalue weighted by atomic mass is 35.5. The van der Waals surface area contributed by atoms with Gasteiger partial charge in [-0.1, -0.05) is 120 Å². The predicted molar refractivity (Wildman–Crippen MR) is 386 cm³/mol. The minimum absolute atomic E-state index is 0. The van der Waals surface area contributed by atoms with Crippen molar-refractivity contribution in [3.8, 4) is 50.6 Å². The summed E-state index contributed by atoms with van der Waals surface area (Å²) < 4.78 is 71.6. The van der Waals surface area contributed by atoms with Crippen LogP contribution in [0.4, 0.5) is 13.2 Å². The largest absolute Gasteiger partial charge is 0.496 e. The Morgan fingerprint density at radius 2 is 0.786 bits per heavy atom. The van der Waals surface area contributed by atoms with Crippen LogP contribution in [-0.2, 0) is 43.1 Å². The first-order chi connectivity index (χ1) is 49.1. The number of halogens is 6. The number of carboxylic acids is 2. The van der Waals surface area contributed by atoms with Crippen molar-refractivity contribution < 1.29 is 75.8 Å². The van der Waals surface area contributed by atoms with E-state index in [0.717, 1.165) is 24.0 Å². The van der Waals surface area contributed by atoms with Crippen LogP contribution in [0, 0.1) is 42.6 Å². The molecule has 12 rings (SSSR count). The number of amides is 2. The molecule has 0 radical (unpaired) electrons. The summed E-state index contributed by atoms with van der Waals surface area (Å²) in [5, 5.41) is 19.5. The topological polar surface area (TPSA) is 234 Å². The Morgan fingerprint density at radius 3 is 1.09 bits per heavy atom. The zero-order valence-corrected chi connectivity index (χ0v) is 59.7. The molecule has 3 fully saturated rings. The molecule has 24 heteroatoms. The van der Waals surface area contributed by atoms with Crippen molar-refractivity contribution in [3.05, 3.63) is 255 Å². The fraction of sp³-hybridized carbons (Fsp3) is 0.266. The van der Waals surface area contributed by atoms with Gasteiger partial charge >= 0.3 is 23.9 Å².